The van der Waals surface area contributed by atoms with Gasteiger partial charge in [-0.3, -0.25) is 4.79 Å². The predicted molar refractivity (Wildman–Crippen MR) is 51.5 cm³/mol. The van der Waals surface area contributed by atoms with Crippen LogP contribution >= 0.6 is 0 Å². The number of benzene rings is 1. The Hall–Kier alpha value is -1.84. The normalized spacial score (nSPS) is 10.7. The first-order chi connectivity index (χ1) is 6.59. The number of rotatable bonds is 1. The van der Waals surface area contributed by atoms with Gasteiger partial charge in [-0.05, 0) is 25.1 Å². The average molecular weight is 192 g/mol. The summed E-state index contributed by atoms with van der Waals surface area (Å²) in [6, 6.07) is 4.23. The standard InChI is InChI=1S/C10H9FN2O/c1-5-9(10(12)14)7-4-6(11)2-3-8(7)13-5/h2-4,13H,1H3,(H2,12,14). The number of amides is 1. The van der Waals surface area contributed by atoms with Crippen molar-refractivity contribution in [1.29, 1.82) is 0 Å². The van der Waals surface area contributed by atoms with Crippen molar-refractivity contribution in [3.05, 3.63) is 35.3 Å². The van der Waals surface area contributed by atoms with Gasteiger partial charge in [-0.15, -0.1) is 0 Å². The molecule has 1 amide bonds. The second-order valence-corrected chi connectivity index (χ2v) is 3.18. The predicted octanol–water partition coefficient (Wildman–Crippen LogP) is 1.71. The van der Waals surface area contributed by atoms with E-state index < -0.39 is 5.91 Å². The molecule has 0 aliphatic rings. The van der Waals surface area contributed by atoms with Crippen molar-refractivity contribution in [2.75, 3.05) is 0 Å². The van der Waals surface area contributed by atoms with Crippen molar-refractivity contribution >= 4 is 16.8 Å². The van der Waals surface area contributed by atoms with E-state index in [1.54, 1.807) is 13.0 Å². The van der Waals surface area contributed by atoms with Crippen LogP contribution in [-0.4, -0.2) is 10.9 Å². The van der Waals surface area contributed by atoms with Crippen molar-refractivity contribution in [2.45, 2.75) is 6.92 Å². The van der Waals surface area contributed by atoms with Crippen LogP contribution in [0.2, 0.25) is 0 Å². The fraction of sp³-hybridized carbons (Fsp3) is 0.100. The number of hydrogen-bond acceptors (Lipinski definition) is 1. The Morgan fingerprint density at radius 1 is 1.50 bits per heavy atom. The van der Waals surface area contributed by atoms with Crippen LogP contribution in [0.25, 0.3) is 10.9 Å². The fourth-order valence-corrected chi connectivity index (χ4v) is 1.62. The highest BCUT2D eigenvalue weighted by molar-refractivity contribution is 6.07. The van der Waals surface area contributed by atoms with Crippen LogP contribution in [0.3, 0.4) is 0 Å². The number of carbonyl (C=O) groups is 1. The zero-order valence-electron chi connectivity index (χ0n) is 7.60. The number of H-pyrrole nitrogens is 1. The molecule has 1 aromatic carbocycles. The Kier molecular flexibility index (Phi) is 1.77. The summed E-state index contributed by atoms with van der Waals surface area (Å²) in [6.07, 6.45) is 0. The van der Waals surface area contributed by atoms with E-state index in [1.807, 2.05) is 0 Å². The van der Waals surface area contributed by atoms with Crippen LogP contribution in [0.1, 0.15) is 16.1 Å². The number of primary amides is 1. The minimum absolute atomic E-state index is 0.361. The molecule has 0 bridgehead atoms. The summed E-state index contributed by atoms with van der Waals surface area (Å²) in [6.45, 7) is 1.73. The molecule has 0 saturated heterocycles. The SMILES string of the molecule is Cc1[nH]c2ccc(F)cc2c1C(N)=O. The molecule has 4 heteroatoms. The van der Waals surface area contributed by atoms with Gasteiger partial charge in [0.2, 0.25) is 0 Å². The number of hydrogen-bond donors (Lipinski definition) is 2. The lowest BCUT2D eigenvalue weighted by molar-refractivity contribution is 0.100. The monoisotopic (exact) mass is 192 g/mol. The average Bonchev–Trinajstić information content (AvgIpc) is 2.40. The molecule has 14 heavy (non-hydrogen) atoms. The highest BCUT2D eigenvalue weighted by Crippen LogP contribution is 2.22. The molecule has 0 fully saturated rings. The zero-order valence-corrected chi connectivity index (χ0v) is 7.60. The number of carbonyl (C=O) groups excluding carboxylic acids is 1. The molecule has 0 radical (unpaired) electrons. The zero-order chi connectivity index (χ0) is 10.3. The first kappa shape index (κ1) is 8.74. The molecule has 2 rings (SSSR count). The van der Waals surface area contributed by atoms with Crippen molar-refractivity contribution in [2.24, 2.45) is 5.73 Å². The summed E-state index contributed by atoms with van der Waals surface area (Å²) in [5.41, 5.74) is 6.94. The van der Waals surface area contributed by atoms with Gasteiger partial charge in [-0.2, -0.15) is 0 Å². The molecule has 0 aliphatic carbocycles. The molecule has 72 valence electrons. The van der Waals surface area contributed by atoms with Crippen molar-refractivity contribution in [1.82, 2.24) is 4.98 Å². The first-order valence-electron chi connectivity index (χ1n) is 4.17. The topological polar surface area (TPSA) is 58.9 Å². The van der Waals surface area contributed by atoms with Gasteiger partial charge in [0.15, 0.2) is 0 Å². The minimum atomic E-state index is -0.542. The van der Waals surface area contributed by atoms with E-state index in [1.165, 1.54) is 12.1 Å². The maximum absolute atomic E-state index is 12.9. The van der Waals surface area contributed by atoms with Gasteiger partial charge in [-0.25, -0.2) is 4.39 Å². The molecule has 0 atom stereocenters. The van der Waals surface area contributed by atoms with Crippen LogP contribution < -0.4 is 5.73 Å². The summed E-state index contributed by atoms with van der Waals surface area (Å²) in [5.74, 6) is -0.918. The van der Waals surface area contributed by atoms with E-state index in [9.17, 15) is 9.18 Å². The third-order valence-electron chi connectivity index (χ3n) is 2.19. The van der Waals surface area contributed by atoms with Gasteiger partial charge < -0.3 is 10.7 Å². The van der Waals surface area contributed by atoms with E-state index in [2.05, 4.69) is 4.98 Å². The lowest BCUT2D eigenvalue weighted by Gasteiger charge is -1.94. The molecule has 1 heterocycles. The fourth-order valence-electron chi connectivity index (χ4n) is 1.62. The second-order valence-electron chi connectivity index (χ2n) is 3.18. The van der Waals surface area contributed by atoms with Gasteiger partial charge in [0.25, 0.3) is 5.91 Å². The van der Waals surface area contributed by atoms with Gasteiger partial charge >= 0.3 is 0 Å². The van der Waals surface area contributed by atoms with Crippen molar-refractivity contribution in [3.8, 4) is 0 Å². The summed E-state index contributed by atoms with van der Waals surface area (Å²) >= 11 is 0. The molecular formula is C10H9FN2O. The van der Waals surface area contributed by atoms with E-state index in [4.69, 9.17) is 5.73 Å². The van der Waals surface area contributed by atoms with E-state index in [-0.39, 0.29) is 5.82 Å². The first-order valence-corrected chi connectivity index (χ1v) is 4.17. The third-order valence-corrected chi connectivity index (χ3v) is 2.19. The second kappa shape index (κ2) is 2.83. The van der Waals surface area contributed by atoms with Gasteiger partial charge in [0, 0.05) is 16.6 Å². The Morgan fingerprint density at radius 2 is 2.21 bits per heavy atom. The van der Waals surface area contributed by atoms with Gasteiger partial charge in [-0.1, -0.05) is 0 Å². The van der Waals surface area contributed by atoms with E-state index >= 15 is 0 Å². The highest BCUT2D eigenvalue weighted by atomic mass is 19.1. The van der Waals surface area contributed by atoms with Crippen LogP contribution in [0, 0.1) is 12.7 Å². The molecule has 2 aromatic rings. The van der Waals surface area contributed by atoms with Crippen LogP contribution in [0.15, 0.2) is 18.2 Å². The maximum atomic E-state index is 12.9. The number of nitrogens with one attached hydrogen (secondary N) is 1. The summed E-state index contributed by atoms with van der Waals surface area (Å²) in [5, 5.41) is 0.537. The maximum Gasteiger partial charge on any atom is 0.251 e. The van der Waals surface area contributed by atoms with E-state index in [0.717, 1.165) is 5.52 Å². The summed E-state index contributed by atoms with van der Waals surface area (Å²) in [7, 11) is 0. The molecular weight excluding hydrogens is 183 g/mol. The molecule has 0 saturated carbocycles. The molecule has 0 unspecified atom stereocenters. The number of nitrogens with two attached hydrogens (primary N) is 1. The number of aryl methyl sites for hydroxylation is 1. The van der Waals surface area contributed by atoms with Crippen molar-refractivity contribution in [3.63, 3.8) is 0 Å². The Morgan fingerprint density at radius 3 is 2.86 bits per heavy atom. The lowest BCUT2D eigenvalue weighted by Crippen LogP contribution is -2.11. The highest BCUT2D eigenvalue weighted by Gasteiger charge is 2.13. The minimum Gasteiger partial charge on any atom is -0.366 e. The molecule has 3 N–H and O–H groups in total. The van der Waals surface area contributed by atoms with Crippen LogP contribution in [-0.2, 0) is 0 Å². The largest absolute Gasteiger partial charge is 0.366 e. The lowest BCUT2D eigenvalue weighted by atomic mass is 10.1. The molecule has 3 nitrogen and oxygen atoms in total. The molecule has 0 aliphatic heterocycles. The number of aromatic nitrogens is 1. The van der Waals surface area contributed by atoms with Crippen LogP contribution in [0.4, 0.5) is 4.39 Å². The van der Waals surface area contributed by atoms with Crippen LogP contribution in [0.5, 0.6) is 0 Å². The number of halogens is 1. The number of aromatic amines is 1. The number of fused-ring (bicyclic) bond motifs is 1. The third kappa shape index (κ3) is 1.16. The Bertz CT molecular complexity index is 516. The van der Waals surface area contributed by atoms with Gasteiger partial charge in [0.1, 0.15) is 5.82 Å². The smallest absolute Gasteiger partial charge is 0.251 e. The molecule has 1 aromatic heterocycles. The Balaban J connectivity index is 2.86. The van der Waals surface area contributed by atoms with Gasteiger partial charge in [0.05, 0.1) is 5.56 Å². The Labute approximate surface area is 79.7 Å². The summed E-state index contributed by atoms with van der Waals surface area (Å²) in [4.78, 5) is 14.1. The van der Waals surface area contributed by atoms with Crippen molar-refractivity contribution < 1.29 is 9.18 Å². The summed E-state index contributed by atoms with van der Waals surface area (Å²) < 4.78 is 12.9. The molecule has 0 spiro atoms. The van der Waals surface area contributed by atoms with E-state index in [0.29, 0.717) is 16.6 Å². The quantitative estimate of drug-likeness (QED) is 0.710.